The van der Waals surface area contributed by atoms with Crippen molar-refractivity contribution in [2.75, 3.05) is 17.7 Å². The van der Waals surface area contributed by atoms with Crippen LogP contribution in [0.2, 0.25) is 0 Å². The molecular formula is C18H22N2O2. The van der Waals surface area contributed by atoms with Gasteiger partial charge in [0.05, 0.1) is 12.8 Å². The van der Waals surface area contributed by atoms with Crippen LogP contribution in [-0.2, 0) is 4.79 Å². The molecule has 0 aliphatic heterocycles. The van der Waals surface area contributed by atoms with Crippen LogP contribution in [0.3, 0.4) is 0 Å². The van der Waals surface area contributed by atoms with Crippen LogP contribution in [0.4, 0.5) is 17.1 Å². The van der Waals surface area contributed by atoms with Gasteiger partial charge < -0.3 is 15.4 Å². The van der Waals surface area contributed by atoms with Crippen molar-refractivity contribution in [3.8, 4) is 5.75 Å². The van der Waals surface area contributed by atoms with Crippen LogP contribution in [0.25, 0.3) is 0 Å². The first-order valence-electron chi connectivity index (χ1n) is 7.22. The third-order valence-corrected chi connectivity index (χ3v) is 3.21. The number of ether oxygens (including phenoxy) is 1. The molecule has 2 rings (SSSR count). The van der Waals surface area contributed by atoms with Crippen molar-refractivity contribution < 1.29 is 9.53 Å². The molecular weight excluding hydrogens is 276 g/mol. The van der Waals surface area contributed by atoms with E-state index in [2.05, 4.69) is 10.6 Å². The van der Waals surface area contributed by atoms with Gasteiger partial charge in [0.15, 0.2) is 0 Å². The molecule has 0 aliphatic rings. The van der Waals surface area contributed by atoms with Crippen LogP contribution in [0.1, 0.15) is 20.8 Å². The standard InChI is InChI=1S/C18H22N2O2/c1-18(2,3)17(21)20-14-11-9-13(10-12-14)19-15-7-5-6-8-16(15)22-4/h5-12,19H,1-4H3,(H,20,21). The van der Waals surface area contributed by atoms with E-state index in [1.165, 1.54) is 0 Å². The molecule has 22 heavy (non-hydrogen) atoms. The van der Waals surface area contributed by atoms with E-state index in [1.807, 2.05) is 69.3 Å². The summed E-state index contributed by atoms with van der Waals surface area (Å²) in [7, 11) is 1.64. The Morgan fingerprint density at radius 2 is 1.55 bits per heavy atom. The number of anilines is 3. The summed E-state index contributed by atoms with van der Waals surface area (Å²) in [6.07, 6.45) is 0. The normalized spacial score (nSPS) is 10.9. The molecule has 4 nitrogen and oxygen atoms in total. The number of amides is 1. The van der Waals surface area contributed by atoms with Gasteiger partial charge in [-0.2, -0.15) is 0 Å². The van der Waals surface area contributed by atoms with Crippen LogP contribution >= 0.6 is 0 Å². The summed E-state index contributed by atoms with van der Waals surface area (Å²) in [5.41, 5.74) is 2.20. The first kappa shape index (κ1) is 15.9. The number of rotatable bonds is 4. The first-order chi connectivity index (χ1) is 10.4. The third kappa shape index (κ3) is 4.01. The lowest BCUT2D eigenvalue weighted by Crippen LogP contribution is -2.27. The van der Waals surface area contributed by atoms with Gasteiger partial charge in [0.2, 0.25) is 5.91 Å². The zero-order valence-electron chi connectivity index (χ0n) is 13.4. The monoisotopic (exact) mass is 298 g/mol. The molecule has 0 radical (unpaired) electrons. The van der Waals surface area contributed by atoms with Crippen molar-refractivity contribution >= 4 is 23.0 Å². The summed E-state index contributed by atoms with van der Waals surface area (Å²) in [5, 5.41) is 6.20. The number of carbonyl (C=O) groups is 1. The predicted octanol–water partition coefficient (Wildman–Crippen LogP) is 4.42. The zero-order valence-corrected chi connectivity index (χ0v) is 13.4. The summed E-state index contributed by atoms with van der Waals surface area (Å²) in [4.78, 5) is 12.0. The third-order valence-electron chi connectivity index (χ3n) is 3.21. The van der Waals surface area contributed by atoms with E-state index < -0.39 is 5.41 Å². The van der Waals surface area contributed by atoms with Crippen LogP contribution in [0.5, 0.6) is 5.75 Å². The van der Waals surface area contributed by atoms with E-state index in [4.69, 9.17) is 4.74 Å². The molecule has 0 fully saturated rings. The summed E-state index contributed by atoms with van der Waals surface area (Å²) in [6, 6.07) is 15.3. The van der Waals surface area contributed by atoms with Crippen LogP contribution in [0, 0.1) is 5.41 Å². The average Bonchev–Trinajstić information content (AvgIpc) is 2.49. The van der Waals surface area contributed by atoms with E-state index in [1.54, 1.807) is 7.11 Å². The first-order valence-corrected chi connectivity index (χ1v) is 7.22. The zero-order chi connectivity index (χ0) is 16.2. The van der Waals surface area contributed by atoms with Crippen molar-refractivity contribution in [3.63, 3.8) is 0 Å². The molecule has 0 saturated heterocycles. The lowest BCUT2D eigenvalue weighted by atomic mass is 9.95. The highest BCUT2D eigenvalue weighted by Crippen LogP contribution is 2.27. The minimum absolute atomic E-state index is 0.00191. The number of carbonyl (C=O) groups excluding carboxylic acids is 1. The molecule has 2 aromatic rings. The maximum atomic E-state index is 12.0. The fourth-order valence-corrected chi connectivity index (χ4v) is 1.86. The van der Waals surface area contributed by atoms with Gasteiger partial charge in [-0.05, 0) is 36.4 Å². The van der Waals surface area contributed by atoms with Crippen LogP contribution in [-0.4, -0.2) is 13.0 Å². The molecule has 1 amide bonds. The molecule has 0 heterocycles. The van der Waals surface area contributed by atoms with Gasteiger partial charge >= 0.3 is 0 Å². The summed E-state index contributed by atoms with van der Waals surface area (Å²) >= 11 is 0. The molecule has 116 valence electrons. The molecule has 0 saturated carbocycles. The minimum Gasteiger partial charge on any atom is -0.495 e. The van der Waals surface area contributed by atoms with Gasteiger partial charge in [0.1, 0.15) is 5.75 Å². The highest BCUT2D eigenvalue weighted by Gasteiger charge is 2.20. The quantitative estimate of drug-likeness (QED) is 0.878. The Labute approximate surface area is 131 Å². The number of hydrogen-bond acceptors (Lipinski definition) is 3. The van der Waals surface area contributed by atoms with Crippen molar-refractivity contribution in [2.24, 2.45) is 5.41 Å². The Morgan fingerprint density at radius 1 is 0.955 bits per heavy atom. The number of hydrogen-bond donors (Lipinski definition) is 2. The second-order valence-corrected chi connectivity index (χ2v) is 6.11. The van der Waals surface area contributed by atoms with Crippen molar-refractivity contribution in [1.29, 1.82) is 0 Å². The molecule has 0 spiro atoms. The maximum Gasteiger partial charge on any atom is 0.229 e. The molecule has 0 aliphatic carbocycles. The summed E-state index contributed by atoms with van der Waals surface area (Å²) in [5.74, 6) is 0.783. The molecule has 0 aromatic heterocycles. The molecule has 0 bridgehead atoms. The molecule has 2 aromatic carbocycles. The highest BCUT2D eigenvalue weighted by atomic mass is 16.5. The van der Waals surface area contributed by atoms with E-state index in [9.17, 15) is 4.79 Å². The van der Waals surface area contributed by atoms with Gasteiger partial charge in [-0.3, -0.25) is 4.79 Å². The van der Waals surface area contributed by atoms with Crippen molar-refractivity contribution in [3.05, 3.63) is 48.5 Å². The van der Waals surface area contributed by atoms with Crippen LogP contribution in [0.15, 0.2) is 48.5 Å². The lowest BCUT2D eigenvalue weighted by Gasteiger charge is -2.18. The Bertz CT molecular complexity index is 643. The molecule has 4 heteroatoms. The smallest absolute Gasteiger partial charge is 0.229 e. The van der Waals surface area contributed by atoms with Gasteiger partial charge in [-0.1, -0.05) is 32.9 Å². The van der Waals surface area contributed by atoms with Crippen LogP contribution < -0.4 is 15.4 Å². The van der Waals surface area contributed by atoms with Gasteiger partial charge in [-0.15, -0.1) is 0 Å². The lowest BCUT2D eigenvalue weighted by molar-refractivity contribution is -0.123. The van der Waals surface area contributed by atoms with Gasteiger partial charge in [0, 0.05) is 16.8 Å². The molecule has 2 N–H and O–H groups in total. The number of methoxy groups -OCH3 is 1. The summed E-state index contributed by atoms with van der Waals surface area (Å²) < 4.78 is 5.31. The van der Waals surface area contributed by atoms with Crippen molar-refractivity contribution in [1.82, 2.24) is 0 Å². The molecule has 0 atom stereocenters. The van der Waals surface area contributed by atoms with Gasteiger partial charge in [-0.25, -0.2) is 0 Å². The Kier molecular flexibility index (Phi) is 4.71. The minimum atomic E-state index is -0.408. The maximum absolute atomic E-state index is 12.0. The number of nitrogens with one attached hydrogen (secondary N) is 2. The summed E-state index contributed by atoms with van der Waals surface area (Å²) in [6.45, 7) is 5.67. The fourth-order valence-electron chi connectivity index (χ4n) is 1.86. The van der Waals surface area contributed by atoms with Gasteiger partial charge in [0.25, 0.3) is 0 Å². The number of para-hydroxylation sites is 2. The van der Waals surface area contributed by atoms with Crippen molar-refractivity contribution in [2.45, 2.75) is 20.8 Å². The second kappa shape index (κ2) is 6.52. The number of benzene rings is 2. The molecule has 0 unspecified atom stereocenters. The highest BCUT2D eigenvalue weighted by molar-refractivity contribution is 5.94. The fraction of sp³-hybridized carbons (Fsp3) is 0.278. The topological polar surface area (TPSA) is 50.4 Å². The Morgan fingerprint density at radius 3 is 2.14 bits per heavy atom. The Balaban J connectivity index is 2.08. The van der Waals surface area contributed by atoms with E-state index >= 15 is 0 Å². The predicted molar refractivity (Wildman–Crippen MR) is 90.8 cm³/mol. The second-order valence-electron chi connectivity index (χ2n) is 6.11. The van der Waals surface area contributed by atoms with E-state index in [0.29, 0.717) is 0 Å². The Hall–Kier alpha value is -2.49. The SMILES string of the molecule is COc1ccccc1Nc1ccc(NC(=O)C(C)(C)C)cc1. The largest absolute Gasteiger partial charge is 0.495 e. The van der Waals surface area contributed by atoms with E-state index in [-0.39, 0.29) is 5.91 Å². The van der Waals surface area contributed by atoms with E-state index in [0.717, 1.165) is 22.8 Å². The average molecular weight is 298 g/mol.